The summed E-state index contributed by atoms with van der Waals surface area (Å²) in [6.07, 6.45) is 1.58. The number of thioether (sulfide) groups is 1. The number of nitrogens with one attached hydrogen (secondary N) is 3. The van der Waals surface area contributed by atoms with Crippen molar-refractivity contribution in [2.24, 2.45) is 0 Å². The van der Waals surface area contributed by atoms with Gasteiger partial charge < -0.3 is 20.7 Å². The quantitative estimate of drug-likeness (QED) is 0.100. The molecule has 0 aliphatic heterocycles. The van der Waals surface area contributed by atoms with E-state index in [2.05, 4.69) is 16.0 Å². The van der Waals surface area contributed by atoms with Crippen molar-refractivity contribution in [3.8, 4) is 11.5 Å². The monoisotopic (exact) mass is 633 g/mol. The van der Waals surface area contributed by atoms with Crippen LogP contribution in [0.1, 0.15) is 15.9 Å². The molecule has 0 aliphatic carbocycles. The molecule has 0 aliphatic rings. The van der Waals surface area contributed by atoms with Gasteiger partial charge in [0.15, 0.2) is 0 Å². The first-order valence-electron chi connectivity index (χ1n) is 13.9. The van der Waals surface area contributed by atoms with Gasteiger partial charge in [0.05, 0.1) is 5.75 Å². The average Bonchev–Trinajstić information content (AvgIpc) is 3.06. The maximum Gasteiger partial charge on any atom is 0.272 e. The van der Waals surface area contributed by atoms with Crippen molar-refractivity contribution in [1.29, 1.82) is 0 Å². The molecule has 3 N–H and O–H groups in total. The van der Waals surface area contributed by atoms with E-state index in [0.717, 1.165) is 10.6 Å². The zero-order chi connectivity index (χ0) is 31.4. The minimum absolute atomic E-state index is 0.0591. The molecule has 0 unspecified atom stereocenters. The highest BCUT2D eigenvalue weighted by Crippen LogP contribution is 2.25. The van der Waals surface area contributed by atoms with Gasteiger partial charge in [-0.2, -0.15) is 0 Å². The first kappa shape index (κ1) is 31.1. The minimum atomic E-state index is -0.506. The summed E-state index contributed by atoms with van der Waals surface area (Å²) in [4.78, 5) is 39.7. The van der Waals surface area contributed by atoms with Gasteiger partial charge in [-0.3, -0.25) is 14.4 Å². The second-order valence-electron chi connectivity index (χ2n) is 9.69. The van der Waals surface area contributed by atoms with Gasteiger partial charge in [-0.25, -0.2) is 0 Å². The number of halogens is 1. The van der Waals surface area contributed by atoms with Crippen molar-refractivity contribution in [2.45, 2.75) is 4.90 Å². The summed E-state index contributed by atoms with van der Waals surface area (Å²) in [5, 5.41) is 9.01. The molecule has 9 heteroatoms. The predicted molar refractivity (Wildman–Crippen MR) is 181 cm³/mol. The second-order valence-corrected chi connectivity index (χ2v) is 11.2. The number of ether oxygens (including phenoxy) is 1. The Hall–Kier alpha value is -5.31. The fourth-order valence-electron chi connectivity index (χ4n) is 4.11. The summed E-state index contributed by atoms with van der Waals surface area (Å²) in [5.74, 6) is 0.457. The Morgan fingerprint density at radius 1 is 0.689 bits per heavy atom. The Kier molecular flexibility index (Phi) is 10.7. The van der Waals surface area contributed by atoms with Gasteiger partial charge >= 0.3 is 0 Å². The molecule has 224 valence electrons. The van der Waals surface area contributed by atoms with Gasteiger partial charge in [0.1, 0.15) is 17.2 Å². The summed E-state index contributed by atoms with van der Waals surface area (Å²) in [6.45, 7) is 0. The van der Waals surface area contributed by atoms with E-state index in [4.69, 9.17) is 16.3 Å². The number of hydrogen-bond acceptors (Lipinski definition) is 5. The molecule has 0 heterocycles. The van der Waals surface area contributed by atoms with Crippen molar-refractivity contribution < 1.29 is 19.1 Å². The van der Waals surface area contributed by atoms with Gasteiger partial charge in [0.25, 0.3) is 11.8 Å². The molecule has 0 fully saturated rings. The minimum Gasteiger partial charge on any atom is -0.457 e. The van der Waals surface area contributed by atoms with E-state index < -0.39 is 11.8 Å². The van der Waals surface area contributed by atoms with Crippen LogP contribution in [0.2, 0.25) is 5.02 Å². The van der Waals surface area contributed by atoms with Crippen molar-refractivity contribution >= 4 is 58.5 Å². The number of anilines is 2. The van der Waals surface area contributed by atoms with Gasteiger partial charge in [-0.15, -0.1) is 11.8 Å². The molecule has 0 saturated carbocycles. The largest absolute Gasteiger partial charge is 0.457 e. The number of carbonyl (C=O) groups excluding carboxylic acids is 3. The molecule has 0 aromatic heterocycles. The van der Waals surface area contributed by atoms with Crippen LogP contribution in [0.3, 0.4) is 0 Å². The lowest BCUT2D eigenvalue weighted by Crippen LogP contribution is -2.30. The van der Waals surface area contributed by atoms with Crippen LogP contribution in [0.15, 0.2) is 144 Å². The third-order valence-corrected chi connectivity index (χ3v) is 7.53. The molecule has 0 spiro atoms. The van der Waals surface area contributed by atoms with E-state index in [1.807, 2.05) is 42.5 Å². The molecule has 7 nitrogen and oxygen atoms in total. The lowest BCUT2D eigenvalue weighted by Gasteiger charge is -2.12. The molecule has 0 bridgehead atoms. The second kappa shape index (κ2) is 15.4. The van der Waals surface area contributed by atoms with Crippen molar-refractivity contribution in [3.63, 3.8) is 0 Å². The van der Waals surface area contributed by atoms with Gasteiger partial charge in [-0.1, -0.05) is 66.2 Å². The summed E-state index contributed by atoms with van der Waals surface area (Å²) in [5.41, 5.74) is 2.32. The van der Waals surface area contributed by atoms with Crippen LogP contribution in [0.5, 0.6) is 11.5 Å². The number of para-hydroxylation sites is 1. The molecule has 0 saturated heterocycles. The van der Waals surface area contributed by atoms with E-state index in [9.17, 15) is 14.4 Å². The highest BCUT2D eigenvalue weighted by molar-refractivity contribution is 8.00. The van der Waals surface area contributed by atoms with E-state index in [1.54, 1.807) is 97.1 Å². The molecule has 5 rings (SSSR count). The van der Waals surface area contributed by atoms with Crippen LogP contribution in [0, 0.1) is 0 Å². The molecule has 5 aromatic rings. The Bertz CT molecular complexity index is 1800. The van der Waals surface area contributed by atoms with Crippen LogP contribution in [-0.4, -0.2) is 23.5 Å². The number of amides is 3. The van der Waals surface area contributed by atoms with Gasteiger partial charge in [-0.05, 0) is 90.5 Å². The van der Waals surface area contributed by atoms with E-state index in [0.29, 0.717) is 33.3 Å². The third kappa shape index (κ3) is 9.59. The molecule has 3 amide bonds. The smallest absolute Gasteiger partial charge is 0.272 e. The maximum absolute atomic E-state index is 13.4. The highest BCUT2D eigenvalue weighted by atomic mass is 35.5. The standard InChI is InChI=1S/C36H28ClN3O4S/c37-27-16-14-25(15-17-27)22-33(40-35(42)26-8-3-1-4-9-26)36(43)39-29-10-7-13-32(23-29)45-24-34(41)38-28-18-20-31(21-19-28)44-30-11-5-2-6-12-30/h1-23H,24H2,(H,38,41)(H,39,43)(H,40,42)/b33-22-. The fraction of sp³-hybridized carbons (Fsp3) is 0.0278. The van der Waals surface area contributed by atoms with Crippen LogP contribution < -0.4 is 20.7 Å². The lowest BCUT2D eigenvalue weighted by molar-refractivity contribution is -0.114. The molecule has 0 radical (unpaired) electrons. The Morgan fingerprint density at radius 2 is 1.36 bits per heavy atom. The molecular formula is C36H28ClN3O4S. The third-order valence-electron chi connectivity index (χ3n) is 6.29. The first-order valence-corrected chi connectivity index (χ1v) is 15.3. The summed E-state index contributed by atoms with van der Waals surface area (Å²) >= 11 is 7.34. The maximum atomic E-state index is 13.4. The predicted octanol–water partition coefficient (Wildman–Crippen LogP) is 8.27. The topological polar surface area (TPSA) is 96.5 Å². The number of carbonyl (C=O) groups is 3. The summed E-state index contributed by atoms with van der Waals surface area (Å²) in [7, 11) is 0. The average molecular weight is 634 g/mol. The Labute approximate surface area is 270 Å². The first-order chi connectivity index (χ1) is 21.9. The zero-order valence-electron chi connectivity index (χ0n) is 23.9. The highest BCUT2D eigenvalue weighted by Gasteiger charge is 2.15. The van der Waals surface area contributed by atoms with Crippen molar-refractivity contribution in [2.75, 3.05) is 16.4 Å². The fourth-order valence-corrected chi connectivity index (χ4v) is 4.99. The summed E-state index contributed by atoms with van der Waals surface area (Å²) < 4.78 is 5.79. The van der Waals surface area contributed by atoms with Crippen LogP contribution in [-0.2, 0) is 9.59 Å². The lowest BCUT2D eigenvalue weighted by atomic mass is 10.1. The SMILES string of the molecule is O=C(CSc1cccc(NC(=O)/C(=C/c2ccc(Cl)cc2)NC(=O)c2ccccc2)c1)Nc1ccc(Oc2ccccc2)cc1. The molecule has 45 heavy (non-hydrogen) atoms. The molecular weight excluding hydrogens is 606 g/mol. The summed E-state index contributed by atoms with van der Waals surface area (Å²) in [6, 6.07) is 39.3. The Morgan fingerprint density at radius 3 is 2.07 bits per heavy atom. The molecule has 5 aromatic carbocycles. The number of benzene rings is 5. The van der Waals surface area contributed by atoms with E-state index in [-0.39, 0.29) is 17.4 Å². The number of hydrogen-bond donors (Lipinski definition) is 3. The molecule has 0 atom stereocenters. The van der Waals surface area contributed by atoms with Crippen molar-refractivity contribution in [1.82, 2.24) is 5.32 Å². The van der Waals surface area contributed by atoms with Crippen molar-refractivity contribution in [3.05, 3.63) is 155 Å². The Balaban J connectivity index is 1.19. The van der Waals surface area contributed by atoms with Crippen LogP contribution >= 0.6 is 23.4 Å². The van der Waals surface area contributed by atoms with Crippen LogP contribution in [0.4, 0.5) is 11.4 Å². The van der Waals surface area contributed by atoms with Crippen LogP contribution in [0.25, 0.3) is 6.08 Å². The van der Waals surface area contributed by atoms with E-state index in [1.165, 1.54) is 11.8 Å². The van der Waals surface area contributed by atoms with Gasteiger partial charge in [0.2, 0.25) is 5.91 Å². The van der Waals surface area contributed by atoms with E-state index >= 15 is 0 Å². The number of rotatable bonds is 11. The normalized spacial score (nSPS) is 10.9. The van der Waals surface area contributed by atoms with Gasteiger partial charge in [0, 0.05) is 26.9 Å². The zero-order valence-corrected chi connectivity index (χ0v) is 25.5.